The van der Waals surface area contributed by atoms with E-state index in [9.17, 15) is 4.79 Å². The molecule has 4 heteroatoms. The van der Waals surface area contributed by atoms with E-state index in [1.54, 1.807) is 6.92 Å². The molecule has 0 aromatic rings. The number of hydrogen-bond donors (Lipinski definition) is 1. The van der Waals surface area contributed by atoms with Crippen molar-refractivity contribution in [3.63, 3.8) is 0 Å². The van der Waals surface area contributed by atoms with E-state index >= 15 is 0 Å². The second-order valence-corrected chi connectivity index (χ2v) is 2.93. The van der Waals surface area contributed by atoms with Crippen LogP contribution in [0.4, 0.5) is 0 Å². The fourth-order valence-electron chi connectivity index (χ4n) is 0.967. The number of hydrogen-bond acceptors (Lipinski definition) is 4. The van der Waals surface area contributed by atoms with E-state index in [1.807, 2.05) is 0 Å². The van der Waals surface area contributed by atoms with Gasteiger partial charge in [0.2, 0.25) is 0 Å². The number of nitrogens with one attached hydrogen (secondary N) is 1. The molecule has 0 spiro atoms. The molecule has 2 aliphatic heterocycles. The Bertz CT molecular complexity index is 207. The van der Waals surface area contributed by atoms with Crippen molar-refractivity contribution in [2.24, 2.45) is 0 Å². The lowest BCUT2D eigenvalue weighted by Gasteiger charge is -2.05. The van der Waals surface area contributed by atoms with Crippen LogP contribution in [0.3, 0.4) is 0 Å². The molecule has 0 saturated carbocycles. The second kappa shape index (κ2) is 4.99. The Morgan fingerprint density at radius 1 is 1.69 bits per heavy atom. The number of cyclic esters (lactones) is 1. The highest BCUT2D eigenvalue weighted by atomic mass is 16.5. The van der Waals surface area contributed by atoms with Gasteiger partial charge in [-0.1, -0.05) is 6.92 Å². The molecule has 1 fully saturated rings. The summed E-state index contributed by atoms with van der Waals surface area (Å²) in [5.41, 5.74) is 0.704. The quantitative estimate of drug-likeness (QED) is 0.613. The van der Waals surface area contributed by atoms with Crippen LogP contribution in [0.1, 0.15) is 20.3 Å². The highest BCUT2D eigenvalue weighted by Crippen LogP contribution is 2.06. The first kappa shape index (κ1) is 10.2. The van der Waals surface area contributed by atoms with Crippen LogP contribution in [0.15, 0.2) is 11.8 Å². The average Bonchev–Trinajstić information content (AvgIpc) is 2.68. The average molecular weight is 185 g/mol. The molecule has 0 aliphatic carbocycles. The molecule has 2 heterocycles. The maximum absolute atomic E-state index is 9.94. The molecule has 0 amide bonds. The number of ether oxygens (including phenoxy) is 2. The van der Waals surface area contributed by atoms with Gasteiger partial charge in [0.15, 0.2) is 0 Å². The zero-order valence-electron chi connectivity index (χ0n) is 8.00. The fraction of sp³-hybridized carbons (Fsp3) is 0.667. The summed E-state index contributed by atoms with van der Waals surface area (Å²) in [5, 5.41) is 3.18. The highest BCUT2D eigenvalue weighted by Gasteiger charge is 2.12. The molecule has 1 saturated heterocycles. The Balaban J connectivity index is 0.000000132. The molecular weight excluding hydrogens is 170 g/mol. The predicted octanol–water partition coefficient (Wildman–Crippen LogP) is 0.789. The van der Waals surface area contributed by atoms with Crippen molar-refractivity contribution in [2.75, 3.05) is 13.2 Å². The van der Waals surface area contributed by atoms with Crippen LogP contribution in [0, 0.1) is 0 Å². The summed E-state index contributed by atoms with van der Waals surface area (Å²) in [6.45, 7) is 5.74. The zero-order valence-corrected chi connectivity index (χ0v) is 8.00. The van der Waals surface area contributed by atoms with Crippen LogP contribution in [-0.2, 0) is 14.3 Å². The van der Waals surface area contributed by atoms with Gasteiger partial charge in [0.25, 0.3) is 0 Å². The lowest BCUT2D eigenvalue weighted by Crippen LogP contribution is -2.20. The summed E-state index contributed by atoms with van der Waals surface area (Å²) in [6, 6.07) is 0. The largest absolute Gasteiger partial charge is 0.430 e. The van der Waals surface area contributed by atoms with Gasteiger partial charge in [-0.2, -0.15) is 0 Å². The van der Waals surface area contributed by atoms with Crippen molar-refractivity contribution < 1.29 is 14.3 Å². The standard InChI is InChI=1S/C5H11NO.C4H4O2/c1-2-5-6-3-4-7-5;1-3-2-6-4(3)5/h5-6H,2-4H2,1H3;2H,1H3. The van der Waals surface area contributed by atoms with Gasteiger partial charge in [0.1, 0.15) is 12.5 Å². The Kier molecular flexibility index (Phi) is 3.92. The summed E-state index contributed by atoms with van der Waals surface area (Å²) >= 11 is 0. The molecular formula is C9H15NO3. The number of carbonyl (C=O) groups excluding carboxylic acids is 1. The van der Waals surface area contributed by atoms with Gasteiger partial charge in [-0.15, -0.1) is 0 Å². The molecule has 1 atom stereocenters. The van der Waals surface area contributed by atoms with E-state index in [1.165, 1.54) is 6.26 Å². The van der Waals surface area contributed by atoms with Gasteiger partial charge >= 0.3 is 5.97 Å². The molecule has 1 unspecified atom stereocenters. The number of carbonyl (C=O) groups is 1. The molecule has 1 N–H and O–H groups in total. The second-order valence-electron chi connectivity index (χ2n) is 2.93. The van der Waals surface area contributed by atoms with Crippen LogP contribution in [0.5, 0.6) is 0 Å². The van der Waals surface area contributed by atoms with E-state index in [4.69, 9.17) is 4.74 Å². The van der Waals surface area contributed by atoms with Crippen LogP contribution in [-0.4, -0.2) is 25.3 Å². The first-order valence-corrected chi connectivity index (χ1v) is 4.46. The third-order valence-corrected chi connectivity index (χ3v) is 1.83. The minimum atomic E-state index is -0.199. The summed E-state index contributed by atoms with van der Waals surface area (Å²) in [4.78, 5) is 9.94. The van der Waals surface area contributed by atoms with Gasteiger partial charge in [-0.05, 0) is 13.3 Å². The smallest absolute Gasteiger partial charge is 0.341 e. The molecule has 13 heavy (non-hydrogen) atoms. The summed E-state index contributed by atoms with van der Waals surface area (Å²) in [7, 11) is 0. The number of rotatable bonds is 1. The lowest BCUT2D eigenvalue weighted by molar-refractivity contribution is -0.138. The van der Waals surface area contributed by atoms with Crippen molar-refractivity contribution in [1.29, 1.82) is 0 Å². The van der Waals surface area contributed by atoms with Crippen LogP contribution < -0.4 is 5.32 Å². The van der Waals surface area contributed by atoms with E-state index in [0.29, 0.717) is 11.8 Å². The lowest BCUT2D eigenvalue weighted by atomic mass is 10.3. The normalized spacial score (nSPS) is 25.2. The van der Waals surface area contributed by atoms with Gasteiger partial charge in [-0.25, -0.2) is 4.79 Å². The first-order chi connectivity index (χ1) is 6.24. The van der Waals surface area contributed by atoms with E-state index < -0.39 is 0 Å². The van der Waals surface area contributed by atoms with Crippen LogP contribution in [0.25, 0.3) is 0 Å². The van der Waals surface area contributed by atoms with Crippen molar-refractivity contribution in [3.05, 3.63) is 11.8 Å². The number of esters is 1. The van der Waals surface area contributed by atoms with Gasteiger partial charge in [0, 0.05) is 6.54 Å². The van der Waals surface area contributed by atoms with Gasteiger partial charge in [0.05, 0.1) is 12.2 Å². The minimum Gasteiger partial charge on any atom is -0.430 e. The fourth-order valence-corrected chi connectivity index (χ4v) is 0.967. The van der Waals surface area contributed by atoms with E-state index in [-0.39, 0.29) is 5.97 Å². The first-order valence-electron chi connectivity index (χ1n) is 4.46. The molecule has 0 radical (unpaired) electrons. The third kappa shape index (κ3) is 3.16. The Hall–Kier alpha value is -0.870. The SMILES string of the molecule is CC1=COC1=O.CCC1NCCO1. The van der Waals surface area contributed by atoms with Gasteiger partial charge < -0.3 is 9.47 Å². The van der Waals surface area contributed by atoms with Crippen LogP contribution >= 0.6 is 0 Å². The maximum atomic E-state index is 9.94. The topological polar surface area (TPSA) is 47.6 Å². The molecule has 4 nitrogen and oxygen atoms in total. The Labute approximate surface area is 77.9 Å². The summed E-state index contributed by atoms with van der Waals surface area (Å²) < 4.78 is 9.43. The molecule has 2 aliphatic rings. The summed E-state index contributed by atoms with van der Waals surface area (Å²) in [6.07, 6.45) is 2.86. The molecule has 74 valence electrons. The van der Waals surface area contributed by atoms with Gasteiger partial charge in [-0.3, -0.25) is 5.32 Å². The predicted molar refractivity (Wildman–Crippen MR) is 47.9 cm³/mol. The van der Waals surface area contributed by atoms with Crippen molar-refractivity contribution in [3.8, 4) is 0 Å². The molecule has 0 bridgehead atoms. The zero-order chi connectivity index (χ0) is 9.68. The Morgan fingerprint density at radius 2 is 2.38 bits per heavy atom. The molecule has 0 aromatic carbocycles. The minimum absolute atomic E-state index is 0.199. The monoisotopic (exact) mass is 185 g/mol. The maximum Gasteiger partial charge on any atom is 0.341 e. The van der Waals surface area contributed by atoms with E-state index in [0.717, 1.165) is 19.6 Å². The van der Waals surface area contributed by atoms with Crippen molar-refractivity contribution in [1.82, 2.24) is 5.32 Å². The van der Waals surface area contributed by atoms with Crippen molar-refractivity contribution >= 4 is 5.97 Å². The van der Waals surface area contributed by atoms with E-state index in [2.05, 4.69) is 17.0 Å². The van der Waals surface area contributed by atoms with Crippen LogP contribution in [0.2, 0.25) is 0 Å². The summed E-state index contributed by atoms with van der Waals surface area (Å²) in [5.74, 6) is -0.199. The Morgan fingerprint density at radius 3 is 2.54 bits per heavy atom. The third-order valence-electron chi connectivity index (χ3n) is 1.83. The van der Waals surface area contributed by atoms with Crippen molar-refractivity contribution in [2.45, 2.75) is 26.5 Å². The molecule has 2 rings (SSSR count). The molecule has 0 aromatic heterocycles. The highest BCUT2D eigenvalue weighted by molar-refractivity contribution is 5.92.